The minimum Gasteiger partial charge on any atom is -0.299 e. The van der Waals surface area contributed by atoms with E-state index in [1.807, 2.05) is 19.1 Å². The molecule has 1 aliphatic carbocycles. The fraction of sp³-hybridized carbons (Fsp3) is 0.462. The van der Waals surface area contributed by atoms with Gasteiger partial charge in [-0.1, -0.05) is 23.7 Å². The van der Waals surface area contributed by atoms with Gasteiger partial charge in [0.1, 0.15) is 5.78 Å². The van der Waals surface area contributed by atoms with E-state index in [2.05, 4.69) is 6.07 Å². The second-order valence-corrected chi connectivity index (χ2v) is 5.02. The van der Waals surface area contributed by atoms with Crippen molar-refractivity contribution in [1.29, 1.82) is 0 Å². The molecule has 0 radical (unpaired) electrons. The number of hydrogen-bond donors (Lipinski definition) is 0. The van der Waals surface area contributed by atoms with Crippen LogP contribution in [0.2, 0.25) is 5.02 Å². The second-order valence-electron chi connectivity index (χ2n) is 4.61. The molecule has 1 aromatic rings. The van der Waals surface area contributed by atoms with Gasteiger partial charge in [-0.3, -0.25) is 4.79 Å². The van der Waals surface area contributed by atoms with Gasteiger partial charge in [0.15, 0.2) is 0 Å². The van der Waals surface area contributed by atoms with Crippen LogP contribution in [-0.4, -0.2) is 5.78 Å². The SMILES string of the molecule is CC(=O)C1(Cc2ccc(C)cc2Cl)CC1. The van der Waals surface area contributed by atoms with Crippen molar-refractivity contribution < 1.29 is 4.79 Å². The van der Waals surface area contributed by atoms with Crippen LogP contribution >= 0.6 is 11.6 Å². The van der Waals surface area contributed by atoms with E-state index in [4.69, 9.17) is 11.6 Å². The average molecular weight is 223 g/mol. The zero-order chi connectivity index (χ0) is 11.1. The van der Waals surface area contributed by atoms with Gasteiger partial charge in [-0.05, 0) is 50.3 Å². The van der Waals surface area contributed by atoms with E-state index in [0.29, 0.717) is 5.78 Å². The number of ketones is 1. The Morgan fingerprint density at radius 2 is 2.13 bits per heavy atom. The lowest BCUT2D eigenvalue weighted by Crippen LogP contribution is -2.15. The van der Waals surface area contributed by atoms with Gasteiger partial charge in [0.05, 0.1) is 0 Å². The molecule has 0 N–H and O–H groups in total. The molecule has 0 aromatic heterocycles. The number of carbonyl (C=O) groups is 1. The molecule has 0 amide bonds. The van der Waals surface area contributed by atoms with Crippen molar-refractivity contribution in [3.8, 4) is 0 Å². The largest absolute Gasteiger partial charge is 0.299 e. The summed E-state index contributed by atoms with van der Waals surface area (Å²) in [5, 5.41) is 0.794. The van der Waals surface area contributed by atoms with E-state index < -0.39 is 0 Å². The Bertz CT molecular complexity index is 405. The zero-order valence-corrected chi connectivity index (χ0v) is 9.90. The highest BCUT2D eigenvalue weighted by Gasteiger charge is 2.47. The normalized spacial score (nSPS) is 17.5. The lowest BCUT2D eigenvalue weighted by atomic mass is 9.92. The summed E-state index contributed by atoms with van der Waals surface area (Å²) in [6.07, 6.45) is 2.85. The highest BCUT2D eigenvalue weighted by atomic mass is 35.5. The Hall–Kier alpha value is -0.820. The van der Waals surface area contributed by atoms with Crippen molar-refractivity contribution in [1.82, 2.24) is 0 Å². The summed E-state index contributed by atoms with van der Waals surface area (Å²) in [5.41, 5.74) is 2.19. The quantitative estimate of drug-likeness (QED) is 0.764. The number of Topliss-reactive ketones (excluding diaryl/α,β-unsaturated/α-hetero) is 1. The van der Waals surface area contributed by atoms with Gasteiger partial charge >= 0.3 is 0 Å². The first-order valence-corrected chi connectivity index (χ1v) is 5.67. The smallest absolute Gasteiger partial charge is 0.136 e. The van der Waals surface area contributed by atoms with Gasteiger partial charge in [-0.25, -0.2) is 0 Å². The summed E-state index contributed by atoms with van der Waals surface area (Å²) in [6.45, 7) is 3.71. The fourth-order valence-electron chi connectivity index (χ4n) is 1.96. The number of carbonyl (C=O) groups excluding carboxylic acids is 1. The lowest BCUT2D eigenvalue weighted by Gasteiger charge is -2.12. The third-order valence-electron chi connectivity index (χ3n) is 3.34. The van der Waals surface area contributed by atoms with Crippen LogP contribution in [0, 0.1) is 12.3 Å². The van der Waals surface area contributed by atoms with E-state index in [1.165, 1.54) is 0 Å². The van der Waals surface area contributed by atoms with Gasteiger partial charge in [0.25, 0.3) is 0 Å². The fourth-order valence-corrected chi connectivity index (χ4v) is 2.27. The molecular weight excluding hydrogens is 208 g/mol. The van der Waals surface area contributed by atoms with Gasteiger partial charge in [-0.2, -0.15) is 0 Å². The summed E-state index contributed by atoms with van der Waals surface area (Å²) in [4.78, 5) is 11.5. The highest BCUT2D eigenvalue weighted by molar-refractivity contribution is 6.31. The molecule has 1 aliphatic rings. The predicted molar refractivity (Wildman–Crippen MR) is 62.2 cm³/mol. The molecule has 1 aromatic carbocycles. The summed E-state index contributed by atoms with van der Waals surface area (Å²) in [5.74, 6) is 0.305. The van der Waals surface area contributed by atoms with Crippen LogP contribution in [0.5, 0.6) is 0 Å². The number of benzene rings is 1. The maximum atomic E-state index is 11.5. The zero-order valence-electron chi connectivity index (χ0n) is 9.14. The van der Waals surface area contributed by atoms with Crippen molar-refractivity contribution in [3.63, 3.8) is 0 Å². The summed E-state index contributed by atoms with van der Waals surface area (Å²) < 4.78 is 0. The molecular formula is C13H15ClO. The third-order valence-corrected chi connectivity index (χ3v) is 3.69. The van der Waals surface area contributed by atoms with E-state index >= 15 is 0 Å². The van der Waals surface area contributed by atoms with Gasteiger partial charge in [-0.15, -0.1) is 0 Å². The third kappa shape index (κ3) is 2.07. The standard InChI is InChI=1S/C13H15ClO/c1-9-3-4-11(12(14)7-9)8-13(5-6-13)10(2)15/h3-4,7H,5-6,8H2,1-2H3. The van der Waals surface area contributed by atoms with Crippen LogP contribution in [0.3, 0.4) is 0 Å². The monoisotopic (exact) mass is 222 g/mol. The lowest BCUT2D eigenvalue weighted by molar-refractivity contribution is -0.121. The minimum atomic E-state index is -0.0844. The van der Waals surface area contributed by atoms with Crippen molar-refractivity contribution in [3.05, 3.63) is 34.3 Å². The maximum Gasteiger partial charge on any atom is 0.136 e. The molecule has 15 heavy (non-hydrogen) atoms. The van der Waals surface area contributed by atoms with Gasteiger partial charge < -0.3 is 0 Å². The minimum absolute atomic E-state index is 0.0844. The van der Waals surface area contributed by atoms with Crippen molar-refractivity contribution in [2.24, 2.45) is 5.41 Å². The molecule has 0 spiro atoms. The average Bonchev–Trinajstić information content (AvgIpc) is 2.91. The van der Waals surface area contributed by atoms with Gasteiger partial charge in [0, 0.05) is 10.4 Å². The number of rotatable bonds is 3. The van der Waals surface area contributed by atoms with E-state index in [0.717, 1.165) is 35.4 Å². The first-order chi connectivity index (χ1) is 7.03. The molecule has 0 saturated heterocycles. The van der Waals surface area contributed by atoms with E-state index in [-0.39, 0.29) is 5.41 Å². The first-order valence-electron chi connectivity index (χ1n) is 5.30. The second kappa shape index (κ2) is 3.64. The van der Waals surface area contributed by atoms with Crippen molar-refractivity contribution in [2.75, 3.05) is 0 Å². The summed E-state index contributed by atoms with van der Waals surface area (Å²) in [7, 11) is 0. The van der Waals surface area contributed by atoms with Crippen LogP contribution in [0.4, 0.5) is 0 Å². The molecule has 0 aliphatic heterocycles. The van der Waals surface area contributed by atoms with Crippen LogP contribution in [-0.2, 0) is 11.2 Å². The summed E-state index contributed by atoms with van der Waals surface area (Å²) >= 11 is 6.16. The Kier molecular flexibility index (Phi) is 2.59. The molecule has 1 saturated carbocycles. The molecule has 2 rings (SSSR count). The molecule has 2 heteroatoms. The number of aryl methyl sites for hydroxylation is 1. The van der Waals surface area contributed by atoms with Crippen LogP contribution in [0.1, 0.15) is 30.9 Å². The van der Waals surface area contributed by atoms with E-state index in [9.17, 15) is 4.79 Å². The Morgan fingerprint density at radius 3 is 2.60 bits per heavy atom. The van der Waals surface area contributed by atoms with Crippen molar-refractivity contribution in [2.45, 2.75) is 33.1 Å². The van der Waals surface area contributed by atoms with Crippen LogP contribution < -0.4 is 0 Å². The van der Waals surface area contributed by atoms with Gasteiger partial charge in [0.2, 0.25) is 0 Å². The molecule has 1 nitrogen and oxygen atoms in total. The van der Waals surface area contributed by atoms with Crippen LogP contribution in [0.25, 0.3) is 0 Å². The molecule has 1 fully saturated rings. The predicted octanol–water partition coefficient (Wildman–Crippen LogP) is 3.56. The Labute approximate surface area is 95.4 Å². The molecule has 0 atom stereocenters. The molecule has 80 valence electrons. The highest BCUT2D eigenvalue weighted by Crippen LogP contribution is 2.49. The van der Waals surface area contributed by atoms with Crippen LogP contribution in [0.15, 0.2) is 18.2 Å². The molecule has 0 heterocycles. The molecule has 0 bridgehead atoms. The topological polar surface area (TPSA) is 17.1 Å². The Morgan fingerprint density at radius 1 is 1.47 bits per heavy atom. The van der Waals surface area contributed by atoms with E-state index in [1.54, 1.807) is 6.92 Å². The summed E-state index contributed by atoms with van der Waals surface area (Å²) in [6, 6.07) is 6.06. The first kappa shape index (κ1) is 10.7. The molecule has 0 unspecified atom stereocenters. The Balaban J connectivity index is 2.21. The number of halogens is 1. The number of hydrogen-bond acceptors (Lipinski definition) is 1. The van der Waals surface area contributed by atoms with Crippen molar-refractivity contribution >= 4 is 17.4 Å². The maximum absolute atomic E-state index is 11.5.